The summed E-state index contributed by atoms with van der Waals surface area (Å²) in [5, 5.41) is 12.4. The van der Waals surface area contributed by atoms with Gasteiger partial charge in [0.2, 0.25) is 0 Å². The number of rotatable bonds is 4. The molecule has 0 aliphatic heterocycles. The molecule has 0 atom stereocenters. The predicted molar refractivity (Wildman–Crippen MR) is 67.1 cm³/mol. The Balaban J connectivity index is 2.04. The van der Waals surface area contributed by atoms with Crippen LogP contribution < -0.4 is 4.90 Å². The molecule has 0 aromatic carbocycles. The highest BCUT2D eigenvalue weighted by Gasteiger charge is 2.30. The van der Waals surface area contributed by atoms with Gasteiger partial charge < -0.3 is 10.0 Å². The molecule has 84 valence electrons. The van der Waals surface area contributed by atoms with Crippen LogP contribution in [-0.2, 0) is 0 Å². The van der Waals surface area contributed by atoms with Crippen molar-refractivity contribution in [2.75, 3.05) is 18.1 Å². The first-order valence-corrected chi connectivity index (χ1v) is 6.48. The maximum atomic E-state index is 9.13. The lowest BCUT2D eigenvalue weighted by atomic mass is 10.3. The third kappa shape index (κ3) is 1.68. The van der Waals surface area contributed by atoms with Crippen molar-refractivity contribution in [2.45, 2.75) is 18.9 Å². The van der Waals surface area contributed by atoms with Crippen LogP contribution in [0.3, 0.4) is 0 Å². The second kappa shape index (κ2) is 4.03. The lowest BCUT2D eigenvalue weighted by Crippen LogP contribution is -2.29. The van der Waals surface area contributed by atoms with Gasteiger partial charge >= 0.3 is 0 Å². The minimum Gasteiger partial charge on any atom is -0.395 e. The molecule has 3 rings (SSSR count). The van der Waals surface area contributed by atoms with Gasteiger partial charge in [-0.25, -0.2) is 4.98 Å². The summed E-state index contributed by atoms with van der Waals surface area (Å²) in [4.78, 5) is 6.73. The zero-order valence-electron chi connectivity index (χ0n) is 8.97. The van der Waals surface area contributed by atoms with Gasteiger partial charge in [-0.2, -0.15) is 0 Å². The van der Waals surface area contributed by atoms with Crippen LogP contribution >= 0.6 is 11.3 Å². The Labute approximate surface area is 98.3 Å². The number of hydrogen-bond acceptors (Lipinski definition) is 4. The molecule has 0 spiro atoms. The lowest BCUT2D eigenvalue weighted by Gasteiger charge is -2.23. The number of hydrogen-bond donors (Lipinski definition) is 1. The summed E-state index contributed by atoms with van der Waals surface area (Å²) in [5.74, 6) is 1.04. The molecule has 2 aromatic rings. The molecular weight excluding hydrogens is 220 g/mol. The van der Waals surface area contributed by atoms with Crippen LogP contribution in [0.1, 0.15) is 12.8 Å². The lowest BCUT2D eigenvalue weighted by molar-refractivity contribution is 0.301. The Morgan fingerprint density at radius 3 is 3.06 bits per heavy atom. The number of aliphatic hydroxyl groups is 1. The predicted octanol–water partition coefficient (Wildman–Crippen LogP) is 2.26. The van der Waals surface area contributed by atoms with E-state index in [-0.39, 0.29) is 6.61 Å². The number of aromatic nitrogens is 1. The molecule has 4 heteroatoms. The maximum Gasteiger partial charge on any atom is 0.137 e. The molecule has 2 heterocycles. The Morgan fingerprint density at radius 2 is 2.31 bits per heavy atom. The molecule has 1 saturated carbocycles. The summed E-state index contributed by atoms with van der Waals surface area (Å²) >= 11 is 1.74. The molecule has 1 aliphatic carbocycles. The molecule has 1 N–H and O–H groups in total. The summed E-state index contributed by atoms with van der Waals surface area (Å²) in [7, 11) is 0. The molecule has 0 amide bonds. The third-order valence-corrected chi connectivity index (χ3v) is 3.84. The smallest absolute Gasteiger partial charge is 0.137 e. The minimum atomic E-state index is 0.193. The Bertz CT molecular complexity index is 492. The summed E-state index contributed by atoms with van der Waals surface area (Å²) in [6.45, 7) is 0.880. The Kier molecular flexibility index (Phi) is 2.53. The van der Waals surface area contributed by atoms with Gasteiger partial charge in [0.05, 0.1) is 6.61 Å². The van der Waals surface area contributed by atoms with Gasteiger partial charge in [0.1, 0.15) is 5.82 Å². The van der Waals surface area contributed by atoms with Crippen LogP contribution in [0.4, 0.5) is 5.82 Å². The third-order valence-electron chi connectivity index (χ3n) is 2.96. The second-order valence-electron chi connectivity index (χ2n) is 4.12. The quantitative estimate of drug-likeness (QED) is 0.881. The standard InChI is InChI=1S/C12H14N2OS/c15-7-6-14(9-1-2-9)12-10-4-8-16-11(10)3-5-13-12/h3-5,8-9,15H,1-2,6-7H2. The van der Waals surface area contributed by atoms with Gasteiger partial charge in [0.25, 0.3) is 0 Å². The van der Waals surface area contributed by atoms with Crippen molar-refractivity contribution in [2.24, 2.45) is 0 Å². The van der Waals surface area contributed by atoms with Crippen molar-refractivity contribution in [3.8, 4) is 0 Å². The molecule has 3 nitrogen and oxygen atoms in total. The second-order valence-corrected chi connectivity index (χ2v) is 5.06. The van der Waals surface area contributed by atoms with E-state index in [1.807, 2.05) is 12.3 Å². The van der Waals surface area contributed by atoms with E-state index in [1.165, 1.54) is 22.9 Å². The molecule has 16 heavy (non-hydrogen) atoms. The van der Waals surface area contributed by atoms with Crippen LogP contribution in [0.2, 0.25) is 0 Å². The number of thiophene rings is 1. The summed E-state index contributed by atoms with van der Waals surface area (Å²) < 4.78 is 1.27. The number of pyridine rings is 1. The summed E-state index contributed by atoms with van der Waals surface area (Å²) in [6.07, 6.45) is 4.31. The number of nitrogens with zero attached hydrogens (tertiary/aromatic N) is 2. The fourth-order valence-corrected chi connectivity index (χ4v) is 2.84. The Morgan fingerprint density at radius 1 is 1.44 bits per heavy atom. The minimum absolute atomic E-state index is 0.193. The fraction of sp³-hybridized carbons (Fsp3) is 0.417. The highest BCUT2D eigenvalue weighted by atomic mass is 32.1. The van der Waals surface area contributed by atoms with E-state index >= 15 is 0 Å². The summed E-state index contributed by atoms with van der Waals surface area (Å²) in [6, 6.07) is 4.76. The zero-order valence-corrected chi connectivity index (χ0v) is 9.78. The number of aliphatic hydroxyl groups excluding tert-OH is 1. The van der Waals surface area contributed by atoms with Crippen LogP contribution in [0.5, 0.6) is 0 Å². The highest BCUT2D eigenvalue weighted by molar-refractivity contribution is 7.17. The molecule has 2 aromatic heterocycles. The molecular formula is C12H14N2OS. The monoisotopic (exact) mass is 234 g/mol. The van der Waals surface area contributed by atoms with Gasteiger partial charge in [0, 0.05) is 28.9 Å². The number of anilines is 1. The first-order chi connectivity index (χ1) is 7.90. The van der Waals surface area contributed by atoms with Crippen molar-refractivity contribution in [1.29, 1.82) is 0 Å². The molecule has 0 unspecified atom stereocenters. The fourth-order valence-electron chi connectivity index (χ4n) is 2.06. The first-order valence-electron chi connectivity index (χ1n) is 5.60. The van der Waals surface area contributed by atoms with E-state index in [2.05, 4.69) is 21.3 Å². The van der Waals surface area contributed by atoms with E-state index in [0.717, 1.165) is 5.82 Å². The summed E-state index contributed by atoms with van der Waals surface area (Å²) in [5.41, 5.74) is 0. The van der Waals surface area contributed by atoms with Crippen LogP contribution in [0, 0.1) is 0 Å². The van der Waals surface area contributed by atoms with Crippen molar-refractivity contribution < 1.29 is 5.11 Å². The van der Waals surface area contributed by atoms with Gasteiger partial charge in [0.15, 0.2) is 0 Å². The van der Waals surface area contributed by atoms with Gasteiger partial charge in [-0.1, -0.05) is 0 Å². The van der Waals surface area contributed by atoms with Crippen molar-refractivity contribution >= 4 is 27.2 Å². The van der Waals surface area contributed by atoms with Crippen LogP contribution in [0.25, 0.3) is 10.1 Å². The van der Waals surface area contributed by atoms with E-state index in [9.17, 15) is 0 Å². The van der Waals surface area contributed by atoms with Crippen LogP contribution in [-0.4, -0.2) is 29.3 Å². The van der Waals surface area contributed by atoms with E-state index < -0.39 is 0 Å². The van der Waals surface area contributed by atoms with Crippen molar-refractivity contribution in [3.63, 3.8) is 0 Å². The normalized spacial score (nSPS) is 15.6. The Hall–Kier alpha value is -1.13. The first kappa shape index (κ1) is 10.1. The average Bonchev–Trinajstić information content (AvgIpc) is 3.02. The van der Waals surface area contributed by atoms with Gasteiger partial charge in [-0.15, -0.1) is 11.3 Å². The van der Waals surface area contributed by atoms with Gasteiger partial charge in [-0.3, -0.25) is 0 Å². The molecule has 0 radical (unpaired) electrons. The SMILES string of the molecule is OCCN(c1nccc2sccc12)C1CC1. The zero-order chi connectivity index (χ0) is 11.0. The molecule has 0 bridgehead atoms. The maximum absolute atomic E-state index is 9.13. The van der Waals surface area contributed by atoms with E-state index in [1.54, 1.807) is 11.3 Å². The van der Waals surface area contributed by atoms with Crippen molar-refractivity contribution in [3.05, 3.63) is 23.7 Å². The van der Waals surface area contributed by atoms with E-state index in [0.29, 0.717) is 12.6 Å². The molecule has 1 fully saturated rings. The highest BCUT2D eigenvalue weighted by Crippen LogP contribution is 2.35. The van der Waals surface area contributed by atoms with Gasteiger partial charge in [-0.05, 0) is 30.4 Å². The topological polar surface area (TPSA) is 36.4 Å². The van der Waals surface area contributed by atoms with Crippen molar-refractivity contribution in [1.82, 2.24) is 4.98 Å². The number of fused-ring (bicyclic) bond motifs is 1. The molecule has 0 saturated heterocycles. The average molecular weight is 234 g/mol. The van der Waals surface area contributed by atoms with Crippen LogP contribution in [0.15, 0.2) is 23.7 Å². The van der Waals surface area contributed by atoms with E-state index in [4.69, 9.17) is 5.11 Å². The molecule has 1 aliphatic rings. The largest absolute Gasteiger partial charge is 0.395 e.